The van der Waals surface area contributed by atoms with E-state index in [2.05, 4.69) is 5.32 Å². The maximum Gasteiger partial charge on any atom is 0.278 e. The lowest BCUT2D eigenvalue weighted by Crippen LogP contribution is -2.33. The molecule has 138 valence electrons. The van der Waals surface area contributed by atoms with E-state index in [0.29, 0.717) is 18.5 Å². The number of nitrogens with zero attached hydrogens (tertiary/aromatic N) is 2. The Labute approximate surface area is 156 Å². The van der Waals surface area contributed by atoms with Gasteiger partial charge in [0.2, 0.25) is 0 Å². The van der Waals surface area contributed by atoms with Crippen LogP contribution in [0.5, 0.6) is 0 Å². The fourth-order valence-corrected chi connectivity index (χ4v) is 2.98. The number of nitro groups is 1. The molecule has 2 aromatic rings. The molecular weight excluding hydrogens is 346 g/mol. The van der Waals surface area contributed by atoms with E-state index in [1.54, 1.807) is 0 Å². The number of imide groups is 1. The van der Waals surface area contributed by atoms with Gasteiger partial charge in [-0.3, -0.25) is 24.6 Å². The van der Waals surface area contributed by atoms with E-state index < -0.39 is 16.7 Å². The molecule has 0 atom stereocenters. The Bertz CT molecular complexity index is 948. The lowest BCUT2D eigenvalue weighted by molar-refractivity contribution is -0.384. The van der Waals surface area contributed by atoms with Crippen molar-refractivity contribution >= 4 is 28.8 Å². The molecule has 0 aromatic heterocycles. The first-order valence-corrected chi connectivity index (χ1v) is 8.62. The second-order valence-electron chi connectivity index (χ2n) is 6.26. The summed E-state index contributed by atoms with van der Waals surface area (Å²) in [6, 6.07) is 13.1. The van der Waals surface area contributed by atoms with Gasteiger partial charge in [0, 0.05) is 24.4 Å². The summed E-state index contributed by atoms with van der Waals surface area (Å²) in [6.45, 7) is 4.10. The molecule has 1 heterocycles. The molecule has 27 heavy (non-hydrogen) atoms. The third-order valence-electron chi connectivity index (χ3n) is 4.39. The first-order chi connectivity index (χ1) is 12.9. The number of para-hydroxylation sites is 1. The van der Waals surface area contributed by atoms with Gasteiger partial charge in [0.15, 0.2) is 0 Å². The Hall–Kier alpha value is -3.48. The Morgan fingerprint density at radius 2 is 1.70 bits per heavy atom. The minimum absolute atomic E-state index is 0.0741. The lowest BCUT2D eigenvalue weighted by Gasteiger charge is -2.14. The molecule has 0 radical (unpaired) electrons. The quantitative estimate of drug-likeness (QED) is 0.480. The van der Waals surface area contributed by atoms with E-state index in [4.69, 9.17) is 0 Å². The normalized spacial score (nSPS) is 14.1. The smallest absolute Gasteiger partial charge is 0.278 e. The third-order valence-corrected chi connectivity index (χ3v) is 4.39. The Morgan fingerprint density at radius 3 is 2.30 bits per heavy atom. The first kappa shape index (κ1) is 18.3. The Kier molecular flexibility index (Phi) is 5.03. The maximum absolute atomic E-state index is 12.9. The minimum Gasteiger partial charge on any atom is -0.350 e. The van der Waals surface area contributed by atoms with Crippen LogP contribution in [0.15, 0.2) is 54.2 Å². The van der Waals surface area contributed by atoms with Gasteiger partial charge in [-0.05, 0) is 42.7 Å². The molecule has 0 saturated heterocycles. The number of carbonyl (C=O) groups excluding carboxylic acids is 2. The molecule has 7 heteroatoms. The second-order valence-corrected chi connectivity index (χ2v) is 6.26. The number of nitrogens with one attached hydrogen (secondary N) is 1. The summed E-state index contributed by atoms with van der Waals surface area (Å²) in [4.78, 5) is 37.3. The molecule has 0 fully saturated rings. The molecule has 2 amide bonds. The van der Waals surface area contributed by atoms with Gasteiger partial charge in [0.1, 0.15) is 5.70 Å². The largest absolute Gasteiger partial charge is 0.350 e. The van der Waals surface area contributed by atoms with E-state index in [-0.39, 0.29) is 17.0 Å². The van der Waals surface area contributed by atoms with E-state index >= 15 is 0 Å². The molecule has 0 bridgehead atoms. The molecule has 0 saturated carbocycles. The number of rotatable bonds is 6. The van der Waals surface area contributed by atoms with Crippen LogP contribution in [0.4, 0.5) is 11.4 Å². The predicted molar refractivity (Wildman–Crippen MR) is 102 cm³/mol. The van der Waals surface area contributed by atoms with Crippen molar-refractivity contribution < 1.29 is 14.5 Å². The number of amides is 2. The molecule has 0 unspecified atom stereocenters. The average molecular weight is 365 g/mol. The Morgan fingerprint density at radius 1 is 1.04 bits per heavy atom. The van der Waals surface area contributed by atoms with Crippen LogP contribution in [0, 0.1) is 17.0 Å². The summed E-state index contributed by atoms with van der Waals surface area (Å²) in [5.74, 6) is -0.787. The van der Waals surface area contributed by atoms with Crippen molar-refractivity contribution in [1.29, 1.82) is 0 Å². The summed E-state index contributed by atoms with van der Waals surface area (Å²) in [5.41, 5.74) is 2.47. The van der Waals surface area contributed by atoms with E-state index in [9.17, 15) is 19.7 Å². The van der Waals surface area contributed by atoms with Crippen LogP contribution in [0.25, 0.3) is 5.57 Å². The highest BCUT2D eigenvalue weighted by Crippen LogP contribution is 2.32. The van der Waals surface area contributed by atoms with E-state index in [1.807, 2.05) is 38.1 Å². The van der Waals surface area contributed by atoms with Crippen LogP contribution < -0.4 is 5.32 Å². The van der Waals surface area contributed by atoms with E-state index in [0.717, 1.165) is 11.3 Å². The standard InChI is InChI=1S/C20H19N3O4/c1-3-12-22-19(24)17(14-8-10-15(11-9-14)23(26)27)18(20(22)25)21-16-7-5-4-6-13(16)2/h4-11,21H,3,12H2,1-2H3. The van der Waals surface area contributed by atoms with Gasteiger partial charge in [-0.2, -0.15) is 0 Å². The zero-order valence-corrected chi connectivity index (χ0v) is 15.1. The minimum atomic E-state index is -0.504. The van der Waals surface area contributed by atoms with E-state index in [1.165, 1.54) is 29.2 Å². The number of non-ortho nitro benzene ring substituents is 1. The number of carbonyl (C=O) groups is 2. The van der Waals surface area contributed by atoms with Gasteiger partial charge in [-0.25, -0.2) is 0 Å². The SMILES string of the molecule is CCCN1C(=O)C(Nc2ccccc2C)=C(c2ccc([N+](=O)[O-])cc2)C1=O. The van der Waals surface area contributed by atoms with Crippen molar-refractivity contribution in [3.05, 3.63) is 75.5 Å². The number of hydrogen-bond acceptors (Lipinski definition) is 5. The zero-order valence-electron chi connectivity index (χ0n) is 15.1. The zero-order chi connectivity index (χ0) is 19.6. The van der Waals surface area contributed by atoms with Crippen LogP contribution in [0.1, 0.15) is 24.5 Å². The van der Waals surface area contributed by atoms with Crippen LogP contribution in [0.2, 0.25) is 0 Å². The summed E-state index contributed by atoms with van der Waals surface area (Å²) >= 11 is 0. The topological polar surface area (TPSA) is 92.6 Å². The van der Waals surface area contributed by atoms with Crippen LogP contribution >= 0.6 is 0 Å². The van der Waals surface area contributed by atoms with Crippen LogP contribution in [0.3, 0.4) is 0 Å². The van der Waals surface area contributed by atoms with Crippen LogP contribution in [-0.4, -0.2) is 28.2 Å². The average Bonchev–Trinajstić information content (AvgIpc) is 2.88. The summed E-state index contributed by atoms with van der Waals surface area (Å²) in [6.07, 6.45) is 0.642. The highest BCUT2D eigenvalue weighted by molar-refractivity contribution is 6.36. The first-order valence-electron chi connectivity index (χ1n) is 8.62. The van der Waals surface area contributed by atoms with Gasteiger partial charge < -0.3 is 5.32 Å². The molecule has 0 spiro atoms. The lowest BCUT2D eigenvalue weighted by atomic mass is 10.0. The highest BCUT2D eigenvalue weighted by Gasteiger charge is 2.38. The number of hydrogen-bond donors (Lipinski definition) is 1. The molecule has 3 rings (SSSR count). The summed E-state index contributed by atoms with van der Waals surface area (Å²) in [7, 11) is 0. The number of aryl methyl sites for hydroxylation is 1. The summed E-state index contributed by atoms with van der Waals surface area (Å²) < 4.78 is 0. The molecule has 7 nitrogen and oxygen atoms in total. The van der Waals surface area contributed by atoms with Crippen molar-refractivity contribution in [2.45, 2.75) is 20.3 Å². The number of anilines is 1. The second kappa shape index (κ2) is 7.41. The van der Waals surface area contributed by atoms with Gasteiger partial charge in [0.05, 0.1) is 10.5 Å². The fourth-order valence-electron chi connectivity index (χ4n) is 2.98. The van der Waals surface area contributed by atoms with Crippen molar-refractivity contribution in [2.75, 3.05) is 11.9 Å². The maximum atomic E-state index is 12.9. The van der Waals surface area contributed by atoms with Crippen molar-refractivity contribution in [2.24, 2.45) is 0 Å². The van der Waals surface area contributed by atoms with Gasteiger partial charge >= 0.3 is 0 Å². The Balaban J connectivity index is 2.08. The van der Waals surface area contributed by atoms with Gasteiger partial charge in [-0.15, -0.1) is 0 Å². The van der Waals surface area contributed by atoms with Crippen molar-refractivity contribution in [3.63, 3.8) is 0 Å². The van der Waals surface area contributed by atoms with Crippen molar-refractivity contribution in [1.82, 2.24) is 4.90 Å². The fraction of sp³-hybridized carbons (Fsp3) is 0.200. The molecule has 1 aliphatic rings. The monoisotopic (exact) mass is 365 g/mol. The summed E-state index contributed by atoms with van der Waals surface area (Å²) in [5, 5.41) is 14.0. The number of nitro benzene ring substituents is 1. The van der Waals surface area contributed by atoms with Gasteiger partial charge in [0.25, 0.3) is 17.5 Å². The molecule has 2 aromatic carbocycles. The van der Waals surface area contributed by atoms with Crippen LogP contribution in [-0.2, 0) is 9.59 Å². The molecular formula is C20H19N3O4. The highest BCUT2D eigenvalue weighted by atomic mass is 16.6. The third kappa shape index (κ3) is 3.44. The van der Waals surface area contributed by atoms with Gasteiger partial charge in [-0.1, -0.05) is 25.1 Å². The molecule has 1 aliphatic heterocycles. The molecule has 1 N–H and O–H groups in total. The molecule has 0 aliphatic carbocycles. The van der Waals surface area contributed by atoms with Crippen molar-refractivity contribution in [3.8, 4) is 0 Å². The predicted octanol–water partition coefficient (Wildman–Crippen LogP) is 3.51. The number of benzene rings is 2.